The van der Waals surface area contributed by atoms with Crippen molar-refractivity contribution >= 4 is 22.4 Å². The molecule has 1 N–H and O–H groups in total. The number of carbonyl (C=O) groups is 1. The van der Waals surface area contributed by atoms with Crippen LogP contribution in [0.5, 0.6) is 0 Å². The van der Waals surface area contributed by atoms with E-state index in [9.17, 15) is 4.79 Å². The molecule has 146 valence electrons. The lowest BCUT2D eigenvalue weighted by atomic mass is 9.99. The first-order chi connectivity index (χ1) is 14.0. The Bertz CT molecular complexity index is 1150. The number of thiazole rings is 1. The van der Waals surface area contributed by atoms with Gasteiger partial charge in [-0.2, -0.15) is 0 Å². The van der Waals surface area contributed by atoms with E-state index in [-0.39, 0.29) is 12.3 Å². The maximum absolute atomic E-state index is 12.4. The number of aromatic nitrogens is 5. The summed E-state index contributed by atoms with van der Waals surface area (Å²) >= 11 is 1.43. The molecule has 0 radical (unpaired) electrons. The van der Waals surface area contributed by atoms with E-state index >= 15 is 0 Å². The van der Waals surface area contributed by atoms with E-state index in [1.54, 1.807) is 4.68 Å². The predicted octanol–water partition coefficient (Wildman–Crippen LogP) is 3.89. The van der Waals surface area contributed by atoms with E-state index < -0.39 is 0 Å². The highest BCUT2D eigenvalue weighted by Gasteiger charge is 2.11. The number of amides is 1. The monoisotopic (exact) mass is 404 g/mol. The molecule has 1 amide bonds. The van der Waals surface area contributed by atoms with Gasteiger partial charge in [-0.05, 0) is 71.7 Å². The quantitative estimate of drug-likeness (QED) is 0.545. The Labute approximate surface area is 172 Å². The molecule has 0 saturated heterocycles. The number of nitrogens with zero attached hydrogens (tertiary/aromatic N) is 5. The zero-order valence-corrected chi connectivity index (χ0v) is 17.2. The fraction of sp³-hybridized carbons (Fsp3) is 0.190. The Balaban J connectivity index is 1.42. The summed E-state index contributed by atoms with van der Waals surface area (Å²) in [7, 11) is 0. The molecule has 0 aliphatic rings. The van der Waals surface area contributed by atoms with Crippen LogP contribution in [0.3, 0.4) is 0 Å². The number of benzene rings is 2. The highest BCUT2D eigenvalue weighted by molar-refractivity contribution is 7.14. The normalized spacial score (nSPS) is 10.9. The number of hydrogen-bond donors (Lipinski definition) is 1. The van der Waals surface area contributed by atoms with Gasteiger partial charge in [-0.25, -0.2) is 9.67 Å². The minimum absolute atomic E-state index is 0.0992. The molecule has 2 heterocycles. The van der Waals surface area contributed by atoms with Gasteiger partial charge in [0.1, 0.15) is 6.33 Å². The van der Waals surface area contributed by atoms with E-state index in [4.69, 9.17) is 0 Å². The second kappa shape index (κ2) is 7.92. The minimum atomic E-state index is -0.0992. The predicted molar refractivity (Wildman–Crippen MR) is 113 cm³/mol. The number of rotatable bonds is 5. The van der Waals surface area contributed by atoms with Gasteiger partial charge in [0.15, 0.2) is 5.13 Å². The van der Waals surface area contributed by atoms with Crippen LogP contribution in [0, 0.1) is 20.8 Å². The summed E-state index contributed by atoms with van der Waals surface area (Å²) in [6, 6.07) is 11.9. The first kappa shape index (κ1) is 18.9. The lowest BCUT2D eigenvalue weighted by molar-refractivity contribution is -0.115. The van der Waals surface area contributed by atoms with E-state index in [2.05, 4.69) is 58.7 Å². The number of anilines is 1. The average molecular weight is 404 g/mol. The first-order valence-corrected chi connectivity index (χ1v) is 10.0. The minimum Gasteiger partial charge on any atom is -0.302 e. The molecule has 7 nitrogen and oxygen atoms in total. The topological polar surface area (TPSA) is 85.6 Å². The third-order valence-corrected chi connectivity index (χ3v) is 5.54. The molecule has 2 aromatic heterocycles. The van der Waals surface area contributed by atoms with Crippen LogP contribution in [0.1, 0.15) is 22.3 Å². The zero-order valence-electron chi connectivity index (χ0n) is 16.4. The molecule has 0 spiro atoms. The number of carbonyl (C=O) groups excluding carboxylic acids is 1. The number of aryl methyl sites for hydroxylation is 3. The van der Waals surface area contributed by atoms with Gasteiger partial charge in [-0.1, -0.05) is 18.2 Å². The van der Waals surface area contributed by atoms with Crippen molar-refractivity contribution in [3.63, 3.8) is 0 Å². The van der Waals surface area contributed by atoms with Crippen molar-refractivity contribution in [2.75, 3.05) is 5.32 Å². The summed E-state index contributed by atoms with van der Waals surface area (Å²) in [5.74, 6) is -0.0992. The number of nitrogens with one attached hydrogen (secondary N) is 1. The van der Waals surface area contributed by atoms with Crippen LogP contribution >= 0.6 is 11.3 Å². The summed E-state index contributed by atoms with van der Waals surface area (Å²) in [6.45, 7) is 6.28. The fourth-order valence-electron chi connectivity index (χ4n) is 3.09. The van der Waals surface area contributed by atoms with Gasteiger partial charge in [0.2, 0.25) is 5.91 Å². The second-order valence-electron chi connectivity index (χ2n) is 6.94. The van der Waals surface area contributed by atoms with Crippen molar-refractivity contribution in [2.45, 2.75) is 27.2 Å². The summed E-state index contributed by atoms with van der Waals surface area (Å²) in [5.41, 5.74) is 7.41. The van der Waals surface area contributed by atoms with Gasteiger partial charge in [-0.3, -0.25) is 4.79 Å². The van der Waals surface area contributed by atoms with Gasteiger partial charge in [0, 0.05) is 10.9 Å². The maximum atomic E-state index is 12.4. The summed E-state index contributed by atoms with van der Waals surface area (Å²) < 4.78 is 1.57. The molecule has 2 aromatic carbocycles. The molecular formula is C21H20N6OS. The van der Waals surface area contributed by atoms with Crippen LogP contribution in [0.2, 0.25) is 0 Å². The highest BCUT2D eigenvalue weighted by atomic mass is 32.1. The molecule has 0 aliphatic carbocycles. The SMILES string of the molecule is Cc1cc(C)c(-c2csc(NC(=O)Cc3ccc(-n4cnnn4)cc3)n2)cc1C. The van der Waals surface area contributed by atoms with Gasteiger partial charge < -0.3 is 5.32 Å². The number of hydrogen-bond acceptors (Lipinski definition) is 6. The summed E-state index contributed by atoms with van der Waals surface area (Å²) in [6.07, 6.45) is 1.80. The van der Waals surface area contributed by atoms with Crippen molar-refractivity contribution in [3.05, 3.63) is 70.4 Å². The van der Waals surface area contributed by atoms with Crippen molar-refractivity contribution in [2.24, 2.45) is 0 Å². The molecule has 4 aromatic rings. The van der Waals surface area contributed by atoms with Crippen molar-refractivity contribution < 1.29 is 4.79 Å². The van der Waals surface area contributed by atoms with Gasteiger partial charge in [0.05, 0.1) is 17.8 Å². The molecule has 0 bridgehead atoms. The molecule has 0 aliphatic heterocycles. The third-order valence-electron chi connectivity index (χ3n) is 4.78. The standard InChI is InChI=1S/C21H20N6OS/c1-13-8-15(3)18(9-14(13)2)19-11-29-21(23-19)24-20(28)10-16-4-6-17(7-5-16)27-12-22-25-26-27/h4-9,11-12H,10H2,1-3H3,(H,23,24,28). The fourth-order valence-corrected chi connectivity index (χ4v) is 3.81. The van der Waals surface area contributed by atoms with E-state index in [0.717, 1.165) is 22.5 Å². The Morgan fingerprint density at radius 2 is 1.83 bits per heavy atom. The van der Waals surface area contributed by atoms with Crippen LogP contribution in [0.15, 0.2) is 48.1 Å². The summed E-state index contributed by atoms with van der Waals surface area (Å²) in [5, 5.41) is 16.6. The van der Waals surface area contributed by atoms with Gasteiger partial charge in [0.25, 0.3) is 0 Å². The van der Waals surface area contributed by atoms with Crippen molar-refractivity contribution in [1.82, 2.24) is 25.2 Å². The molecule has 4 rings (SSSR count). The first-order valence-electron chi connectivity index (χ1n) is 9.15. The molecule has 0 fully saturated rings. The van der Waals surface area contributed by atoms with Gasteiger partial charge in [-0.15, -0.1) is 16.4 Å². The Kier molecular flexibility index (Phi) is 5.18. The average Bonchev–Trinajstić information content (AvgIpc) is 3.37. The van der Waals surface area contributed by atoms with Crippen LogP contribution in [-0.2, 0) is 11.2 Å². The molecular weight excluding hydrogens is 384 g/mol. The van der Waals surface area contributed by atoms with Crippen molar-refractivity contribution in [3.8, 4) is 16.9 Å². The molecule has 8 heteroatoms. The lowest BCUT2D eigenvalue weighted by Crippen LogP contribution is -2.14. The zero-order chi connectivity index (χ0) is 20.4. The molecule has 0 unspecified atom stereocenters. The largest absolute Gasteiger partial charge is 0.302 e. The van der Waals surface area contributed by atoms with E-state index in [0.29, 0.717) is 5.13 Å². The maximum Gasteiger partial charge on any atom is 0.230 e. The van der Waals surface area contributed by atoms with Crippen LogP contribution in [0.25, 0.3) is 16.9 Å². The van der Waals surface area contributed by atoms with Crippen LogP contribution in [0.4, 0.5) is 5.13 Å². The molecule has 0 saturated carbocycles. The Hall–Kier alpha value is -3.39. The smallest absolute Gasteiger partial charge is 0.230 e. The highest BCUT2D eigenvalue weighted by Crippen LogP contribution is 2.29. The van der Waals surface area contributed by atoms with Crippen LogP contribution in [-0.4, -0.2) is 31.1 Å². The van der Waals surface area contributed by atoms with Crippen LogP contribution < -0.4 is 5.32 Å². The third kappa shape index (κ3) is 4.22. The summed E-state index contributed by atoms with van der Waals surface area (Å²) in [4.78, 5) is 17.0. The second-order valence-corrected chi connectivity index (χ2v) is 7.79. The molecule has 29 heavy (non-hydrogen) atoms. The van der Waals surface area contributed by atoms with E-state index in [1.165, 1.54) is 34.4 Å². The number of tetrazole rings is 1. The Morgan fingerprint density at radius 1 is 1.07 bits per heavy atom. The van der Waals surface area contributed by atoms with E-state index in [1.807, 2.05) is 29.6 Å². The van der Waals surface area contributed by atoms with Gasteiger partial charge >= 0.3 is 0 Å². The van der Waals surface area contributed by atoms with Crippen molar-refractivity contribution in [1.29, 1.82) is 0 Å². The molecule has 0 atom stereocenters. The lowest BCUT2D eigenvalue weighted by Gasteiger charge is -2.07. The Morgan fingerprint density at radius 3 is 2.55 bits per heavy atom.